The quantitative estimate of drug-likeness (QED) is 0.544. The number of nitrogens with two attached hydrogens (primary N) is 2. The molecule has 2 aliphatic rings. The van der Waals surface area contributed by atoms with Gasteiger partial charge in [-0.15, -0.1) is 0 Å². The van der Waals surface area contributed by atoms with Crippen molar-refractivity contribution in [3.05, 3.63) is 28.4 Å². The lowest BCUT2D eigenvalue weighted by molar-refractivity contribution is -0.145. The molecule has 1 aliphatic carbocycles. The van der Waals surface area contributed by atoms with E-state index in [1.165, 1.54) is 0 Å². The first-order valence-corrected chi connectivity index (χ1v) is 8.70. The Kier molecular flexibility index (Phi) is 3.92. The van der Waals surface area contributed by atoms with Crippen molar-refractivity contribution in [2.45, 2.75) is 36.8 Å². The summed E-state index contributed by atoms with van der Waals surface area (Å²) in [6, 6.07) is 1.14. The van der Waals surface area contributed by atoms with Crippen LogP contribution in [-0.4, -0.2) is 34.8 Å². The molecule has 2 heterocycles. The van der Waals surface area contributed by atoms with E-state index in [0.29, 0.717) is 10.7 Å². The van der Waals surface area contributed by atoms with Gasteiger partial charge in [0.05, 0.1) is 10.6 Å². The molecule has 1 amide bonds. The number of fused-ring (bicyclic) bond motifs is 1. The van der Waals surface area contributed by atoms with Gasteiger partial charge in [-0.05, 0) is 37.5 Å². The zero-order chi connectivity index (χ0) is 15.9. The number of thiol groups is 1. The minimum absolute atomic E-state index is 0.0248. The number of hydrogen-bond acceptors (Lipinski definition) is 5. The van der Waals surface area contributed by atoms with E-state index in [1.807, 2.05) is 13.0 Å². The molecule has 4 N–H and O–H groups in total. The van der Waals surface area contributed by atoms with Crippen molar-refractivity contribution in [2.75, 3.05) is 5.75 Å². The molecule has 0 bridgehead atoms. The highest BCUT2D eigenvalue weighted by molar-refractivity contribution is 8.21. The number of carbonyl (C=O) groups excluding carboxylic acids is 2. The highest BCUT2D eigenvalue weighted by Crippen LogP contribution is 2.52. The van der Waals surface area contributed by atoms with Crippen LogP contribution in [0.15, 0.2) is 22.1 Å². The average molecular weight is 321 g/mol. The van der Waals surface area contributed by atoms with Crippen LogP contribution in [0.5, 0.6) is 0 Å². The van der Waals surface area contributed by atoms with Crippen LogP contribution < -0.4 is 11.5 Å². The Hall–Kier alpha value is -1.86. The Bertz CT molecular complexity index is 670. The van der Waals surface area contributed by atoms with Crippen molar-refractivity contribution < 1.29 is 14.3 Å². The molecule has 6 nitrogen and oxygen atoms in total. The van der Waals surface area contributed by atoms with Crippen LogP contribution in [-0.2, 0) is 14.3 Å². The van der Waals surface area contributed by atoms with Gasteiger partial charge < -0.3 is 16.2 Å². The summed E-state index contributed by atoms with van der Waals surface area (Å²) in [5.41, 5.74) is 13.3. The van der Waals surface area contributed by atoms with E-state index in [4.69, 9.17) is 16.2 Å². The summed E-state index contributed by atoms with van der Waals surface area (Å²) in [5.74, 6) is -0.523. The molecule has 3 rings (SSSR count). The molecular formula is C15H19N3O3S. The molecule has 1 saturated carbocycles. The summed E-state index contributed by atoms with van der Waals surface area (Å²) in [6.45, 7) is 1.96. The highest BCUT2D eigenvalue weighted by Gasteiger charge is 2.33. The lowest BCUT2D eigenvalue weighted by Crippen LogP contribution is -2.36. The molecule has 0 aromatic carbocycles. The molecule has 0 radical (unpaired) electrons. The van der Waals surface area contributed by atoms with Crippen molar-refractivity contribution in [2.24, 2.45) is 11.5 Å². The second kappa shape index (κ2) is 5.73. The molecule has 0 spiro atoms. The van der Waals surface area contributed by atoms with Crippen LogP contribution in [0.25, 0.3) is 6.08 Å². The first-order chi connectivity index (χ1) is 10.5. The van der Waals surface area contributed by atoms with E-state index < -0.39 is 28.8 Å². The van der Waals surface area contributed by atoms with Gasteiger partial charge in [-0.2, -0.15) is 10.9 Å². The maximum atomic E-state index is 12.0. The van der Waals surface area contributed by atoms with Crippen LogP contribution in [0.4, 0.5) is 0 Å². The summed E-state index contributed by atoms with van der Waals surface area (Å²) >= 11 is 0. The molecule has 0 saturated heterocycles. The summed E-state index contributed by atoms with van der Waals surface area (Å²) in [4.78, 5) is 29.5. The lowest BCUT2D eigenvalue weighted by Gasteiger charge is -2.23. The standard InChI is InChI=1S/C15H19N3O3S/c1-8-4-5-18-11-6-12(14(17)19)22(13(8)11)7-10(16)15(20)21-9-2-3-9/h4-6,9-10,22H,2-3,7,16H2,1H3,(H2,17,19)/t10-/m0/s1. The predicted octanol–water partition coefficient (Wildman–Crippen LogP) is 0.623. The molecule has 1 aromatic rings. The van der Waals surface area contributed by atoms with Crippen LogP contribution in [0.1, 0.15) is 24.1 Å². The molecule has 2 atom stereocenters. The van der Waals surface area contributed by atoms with Gasteiger partial charge in [0.25, 0.3) is 5.91 Å². The van der Waals surface area contributed by atoms with E-state index in [-0.39, 0.29) is 6.10 Å². The SMILES string of the molecule is Cc1ccnc2c1[SH](C[C@H](N)C(=O)OC1CC1)C(C(N)=O)=C2. The number of pyridine rings is 1. The van der Waals surface area contributed by atoms with Gasteiger partial charge in [0, 0.05) is 16.8 Å². The summed E-state index contributed by atoms with van der Waals surface area (Å²) < 4.78 is 5.24. The number of aryl methyl sites for hydroxylation is 1. The molecule has 7 heteroatoms. The van der Waals surface area contributed by atoms with Crippen molar-refractivity contribution in [1.82, 2.24) is 4.98 Å². The van der Waals surface area contributed by atoms with E-state index in [1.54, 1.807) is 12.3 Å². The van der Waals surface area contributed by atoms with Gasteiger partial charge in [0.2, 0.25) is 0 Å². The average Bonchev–Trinajstić information content (AvgIpc) is 3.19. The van der Waals surface area contributed by atoms with Gasteiger partial charge >= 0.3 is 5.97 Å². The van der Waals surface area contributed by atoms with E-state index >= 15 is 0 Å². The Balaban J connectivity index is 1.83. The third-order valence-corrected chi connectivity index (χ3v) is 6.54. The molecular weight excluding hydrogens is 302 g/mol. The molecule has 118 valence electrons. The van der Waals surface area contributed by atoms with E-state index in [0.717, 1.165) is 29.0 Å². The minimum atomic E-state index is -1.06. The molecule has 1 aromatic heterocycles. The molecule has 22 heavy (non-hydrogen) atoms. The number of hydrogen-bond donors (Lipinski definition) is 3. The van der Waals surface area contributed by atoms with E-state index in [2.05, 4.69) is 4.98 Å². The third-order valence-electron chi connectivity index (χ3n) is 3.73. The van der Waals surface area contributed by atoms with Crippen molar-refractivity contribution in [1.29, 1.82) is 0 Å². The van der Waals surface area contributed by atoms with Gasteiger partial charge in [-0.25, -0.2) is 0 Å². The van der Waals surface area contributed by atoms with Crippen molar-refractivity contribution in [3.8, 4) is 0 Å². The zero-order valence-corrected chi connectivity index (χ0v) is 13.2. The predicted molar refractivity (Wildman–Crippen MR) is 85.4 cm³/mol. The Morgan fingerprint density at radius 3 is 2.86 bits per heavy atom. The van der Waals surface area contributed by atoms with Crippen LogP contribution >= 0.6 is 10.9 Å². The Labute approximate surface area is 131 Å². The molecule has 1 aliphatic heterocycles. The van der Waals surface area contributed by atoms with Crippen LogP contribution in [0.2, 0.25) is 0 Å². The maximum Gasteiger partial charge on any atom is 0.323 e. The van der Waals surface area contributed by atoms with Crippen LogP contribution in [0.3, 0.4) is 0 Å². The monoisotopic (exact) mass is 321 g/mol. The number of primary amides is 1. The normalized spacial score (nSPS) is 22.6. The number of rotatable bonds is 5. The number of aromatic nitrogens is 1. The van der Waals surface area contributed by atoms with Gasteiger partial charge in [0.1, 0.15) is 12.1 Å². The first-order valence-electron chi connectivity index (χ1n) is 7.18. The molecule has 1 unspecified atom stereocenters. The fourth-order valence-electron chi connectivity index (χ4n) is 2.46. The first kappa shape index (κ1) is 15.1. The largest absolute Gasteiger partial charge is 0.461 e. The summed E-state index contributed by atoms with van der Waals surface area (Å²) in [5, 5.41) is 0. The fourth-order valence-corrected chi connectivity index (χ4v) is 5.06. The fraction of sp³-hybridized carbons (Fsp3) is 0.400. The number of ether oxygens (including phenoxy) is 1. The van der Waals surface area contributed by atoms with Crippen LogP contribution in [0, 0.1) is 6.92 Å². The number of amides is 1. The Morgan fingerprint density at radius 1 is 1.50 bits per heavy atom. The topological polar surface area (TPSA) is 108 Å². The minimum Gasteiger partial charge on any atom is -0.461 e. The highest BCUT2D eigenvalue weighted by atomic mass is 32.2. The van der Waals surface area contributed by atoms with E-state index in [9.17, 15) is 9.59 Å². The maximum absolute atomic E-state index is 12.0. The summed E-state index contributed by atoms with van der Waals surface area (Å²) in [7, 11) is -1.06. The number of carbonyl (C=O) groups is 2. The van der Waals surface area contributed by atoms with Crippen molar-refractivity contribution >= 4 is 28.8 Å². The third kappa shape index (κ3) is 2.86. The smallest absolute Gasteiger partial charge is 0.323 e. The van der Waals surface area contributed by atoms with Crippen molar-refractivity contribution in [3.63, 3.8) is 0 Å². The van der Waals surface area contributed by atoms with Gasteiger partial charge in [0.15, 0.2) is 0 Å². The second-order valence-corrected chi connectivity index (χ2v) is 7.76. The zero-order valence-electron chi connectivity index (χ0n) is 12.3. The van der Waals surface area contributed by atoms with Gasteiger partial charge in [-0.1, -0.05) is 0 Å². The lowest BCUT2D eigenvalue weighted by atomic mass is 10.2. The Morgan fingerprint density at radius 2 is 2.23 bits per heavy atom. The summed E-state index contributed by atoms with van der Waals surface area (Å²) in [6.07, 6.45) is 5.26. The number of nitrogens with zero attached hydrogens (tertiary/aromatic N) is 1. The number of esters is 1. The molecule has 1 fully saturated rings. The van der Waals surface area contributed by atoms with Gasteiger partial charge in [-0.3, -0.25) is 14.6 Å². The second-order valence-electron chi connectivity index (χ2n) is 5.61.